The maximum Gasteiger partial charge on any atom is 0.119 e. The molecule has 8 nitrogen and oxygen atoms in total. The van der Waals surface area contributed by atoms with Gasteiger partial charge in [-0.25, -0.2) is 0 Å². The van der Waals surface area contributed by atoms with Gasteiger partial charge in [-0.3, -0.25) is 0 Å². The van der Waals surface area contributed by atoms with E-state index < -0.39 is 0 Å². The van der Waals surface area contributed by atoms with Crippen LogP contribution in [0.15, 0.2) is 97.1 Å². The van der Waals surface area contributed by atoms with E-state index in [9.17, 15) is 0 Å². The van der Waals surface area contributed by atoms with Crippen LogP contribution in [0.25, 0.3) is 11.1 Å². The molecule has 0 spiro atoms. The molecule has 444 valence electrons. The molecule has 0 amide bonds. The second-order valence-corrected chi connectivity index (χ2v) is 21.1. The van der Waals surface area contributed by atoms with Crippen molar-refractivity contribution >= 4 is 11.1 Å². The van der Waals surface area contributed by atoms with Crippen LogP contribution >= 0.6 is 0 Å². The molecule has 4 rings (SSSR count). The molecule has 4 aromatic carbocycles. The van der Waals surface area contributed by atoms with E-state index in [4.69, 9.17) is 18.9 Å². The molecule has 0 bridgehead atoms. The van der Waals surface area contributed by atoms with Gasteiger partial charge in [0.25, 0.3) is 0 Å². The van der Waals surface area contributed by atoms with E-state index in [1.807, 2.05) is 0 Å². The lowest BCUT2D eigenvalue weighted by molar-refractivity contribution is -0.923. The Morgan fingerprint density at radius 2 is 0.397 bits per heavy atom. The van der Waals surface area contributed by atoms with Crippen molar-refractivity contribution in [3.8, 4) is 23.0 Å². The summed E-state index contributed by atoms with van der Waals surface area (Å²) in [6.45, 7) is 49.8. The predicted octanol–water partition coefficient (Wildman–Crippen LogP) is 2.85. The molecule has 4 aromatic rings. The first-order chi connectivity index (χ1) is 36.0. The summed E-state index contributed by atoms with van der Waals surface area (Å²) in [4.78, 5) is 0. The van der Waals surface area contributed by atoms with Crippen LogP contribution in [0, 0.1) is 0 Å². The van der Waals surface area contributed by atoms with Crippen LogP contribution in [-0.4, -0.2) is 149 Å². The van der Waals surface area contributed by atoms with Crippen molar-refractivity contribution in [3.63, 3.8) is 0 Å². The van der Waals surface area contributed by atoms with Gasteiger partial charge in [0.05, 0.1) is 131 Å². The molecule has 0 unspecified atom stereocenters. The normalized spacial score (nSPS) is 11.6. The molecule has 0 radical (unpaired) electrons. The van der Waals surface area contributed by atoms with Gasteiger partial charge >= 0.3 is 0 Å². The first kappa shape index (κ1) is 75.6. The Morgan fingerprint density at radius 3 is 0.538 bits per heavy atom. The van der Waals surface area contributed by atoms with Crippen LogP contribution in [0.4, 0.5) is 0 Å². The van der Waals surface area contributed by atoms with Crippen LogP contribution in [-0.2, 0) is 0 Å². The van der Waals surface area contributed by atoms with E-state index in [-0.39, 0.29) is 67.9 Å². The minimum atomic E-state index is 0. The summed E-state index contributed by atoms with van der Waals surface area (Å²) in [5.41, 5.74) is 6.82. The first-order valence-corrected chi connectivity index (χ1v) is 30.1. The van der Waals surface area contributed by atoms with E-state index in [1.165, 1.54) is 148 Å². The van der Waals surface area contributed by atoms with Gasteiger partial charge in [-0.2, -0.15) is 0 Å². The molecule has 0 aliphatic heterocycles. The second-order valence-electron chi connectivity index (χ2n) is 21.1. The summed E-state index contributed by atoms with van der Waals surface area (Å²) < 4.78 is 30.4. The Morgan fingerprint density at radius 1 is 0.244 bits per heavy atom. The fraction of sp³-hybridized carbons (Fsp3) is 0.606. The fourth-order valence-corrected chi connectivity index (χ4v) is 11.3. The highest BCUT2D eigenvalue weighted by molar-refractivity contribution is 6.04. The zero-order chi connectivity index (χ0) is 53.7. The zero-order valence-electron chi connectivity index (χ0n) is 51.0. The van der Waals surface area contributed by atoms with E-state index >= 15 is 0 Å². The molecule has 0 saturated carbocycles. The largest absolute Gasteiger partial charge is 1.00 e. The third-order valence-electron chi connectivity index (χ3n) is 18.1. The number of nitrogens with zero attached hydrogens (tertiary/aromatic N) is 4. The number of hydrogen-bond donors (Lipinski definition) is 0. The minimum absolute atomic E-state index is 0. The summed E-state index contributed by atoms with van der Waals surface area (Å²) in [6.07, 6.45) is 8.87. The summed E-state index contributed by atoms with van der Waals surface area (Å²) in [7, 11) is 0. The number of benzene rings is 4. The van der Waals surface area contributed by atoms with Gasteiger partial charge in [0.2, 0.25) is 0 Å². The summed E-state index contributed by atoms with van der Waals surface area (Å²) >= 11 is 0. The number of rotatable bonds is 40. The van der Waals surface area contributed by atoms with Crippen molar-refractivity contribution in [1.82, 2.24) is 0 Å². The smallest absolute Gasteiger partial charge is 0.119 e. The van der Waals surface area contributed by atoms with Crippen molar-refractivity contribution in [2.24, 2.45) is 0 Å². The van der Waals surface area contributed by atoms with Crippen molar-refractivity contribution < 1.29 is 105 Å². The van der Waals surface area contributed by atoms with E-state index in [1.54, 1.807) is 0 Å². The quantitative estimate of drug-likeness (QED) is 0.0391. The molecule has 12 heteroatoms. The molecule has 78 heavy (non-hydrogen) atoms. The van der Waals surface area contributed by atoms with Gasteiger partial charge in [-0.05, 0) is 216 Å². The number of unbranched alkanes of at least 4 members (excludes halogenated alkanes) is 4. The minimum Gasteiger partial charge on any atom is -1.00 e. The Hall–Kier alpha value is -2.42. The number of ether oxygens (including phenoxy) is 4. The molecular weight excluding hydrogens is 1230 g/mol. The van der Waals surface area contributed by atoms with Gasteiger partial charge in [0.1, 0.15) is 23.0 Å². The highest BCUT2D eigenvalue weighted by Crippen LogP contribution is 2.39. The maximum atomic E-state index is 6.42. The van der Waals surface area contributed by atoms with Gasteiger partial charge < -0.3 is 105 Å². The molecule has 0 heterocycles. The van der Waals surface area contributed by atoms with Crippen LogP contribution in [0.5, 0.6) is 23.0 Å². The van der Waals surface area contributed by atoms with Crippen LogP contribution in [0.1, 0.15) is 157 Å². The van der Waals surface area contributed by atoms with Crippen molar-refractivity contribution in [3.05, 3.63) is 119 Å². The van der Waals surface area contributed by atoms with Crippen molar-refractivity contribution in [1.29, 1.82) is 0 Å². The average molecular weight is 1340 g/mol. The molecule has 0 saturated heterocycles. The SMILES string of the molecule is CC[N+](CC)(CC)CCCCOc1ccc(C(=C(c2ccc(OCCCC[N+](CC)(CC)CC)cc2)c2ccc(OCCCC[N+](CC)(CC)CC)cc2)c2ccc(OCCCC[N+](CC)(CC)CC)cc2)cc1.[Br-].[Br-].[Br-].[Br-]. The molecule has 0 fully saturated rings. The lowest BCUT2D eigenvalue weighted by Gasteiger charge is -2.35. The summed E-state index contributed by atoms with van der Waals surface area (Å²) in [5, 5.41) is 0. The van der Waals surface area contributed by atoms with E-state index in [2.05, 4.69) is 180 Å². The molecular formula is C66H108Br4N4O4. The third kappa shape index (κ3) is 23.1. The third-order valence-corrected chi connectivity index (χ3v) is 18.1. The van der Waals surface area contributed by atoms with Crippen molar-refractivity contribution in [2.45, 2.75) is 134 Å². The highest BCUT2D eigenvalue weighted by atomic mass is 79.9. The van der Waals surface area contributed by atoms with Gasteiger partial charge in [-0.15, -0.1) is 0 Å². The molecule has 0 aliphatic carbocycles. The van der Waals surface area contributed by atoms with Gasteiger partial charge in [-0.1, -0.05) is 48.5 Å². The van der Waals surface area contributed by atoms with E-state index in [0.29, 0.717) is 0 Å². The Bertz CT molecular complexity index is 1800. The number of hydrogen-bond acceptors (Lipinski definition) is 4. The van der Waals surface area contributed by atoms with Gasteiger partial charge in [0.15, 0.2) is 0 Å². The van der Waals surface area contributed by atoms with Crippen LogP contribution in [0.3, 0.4) is 0 Å². The summed E-state index contributed by atoms with van der Waals surface area (Å²) in [5.74, 6) is 3.63. The Labute approximate surface area is 520 Å². The molecule has 0 N–H and O–H groups in total. The van der Waals surface area contributed by atoms with E-state index in [0.717, 1.165) is 109 Å². The van der Waals surface area contributed by atoms with Crippen LogP contribution in [0.2, 0.25) is 0 Å². The monoisotopic (exact) mass is 1340 g/mol. The predicted molar refractivity (Wildman–Crippen MR) is 317 cm³/mol. The number of quaternary nitrogens is 4. The van der Waals surface area contributed by atoms with Crippen LogP contribution < -0.4 is 86.9 Å². The maximum absolute atomic E-state index is 6.42. The average Bonchev–Trinajstić information content (AvgIpc) is 3.46. The molecule has 0 aliphatic rings. The fourth-order valence-electron chi connectivity index (χ4n) is 11.3. The second kappa shape index (κ2) is 40.7. The Balaban J connectivity index is 0.0000148. The highest BCUT2D eigenvalue weighted by Gasteiger charge is 2.24. The van der Waals surface area contributed by atoms with Crippen molar-refractivity contribution in [2.75, 3.05) is 131 Å². The Kier molecular flexibility index (Phi) is 39.5. The van der Waals surface area contributed by atoms with Gasteiger partial charge in [0, 0.05) is 0 Å². The lowest BCUT2D eigenvalue weighted by atomic mass is 9.85. The number of halogens is 4. The lowest BCUT2D eigenvalue weighted by Crippen LogP contribution is -3.00. The summed E-state index contributed by atoms with van der Waals surface area (Å²) in [6, 6.07) is 35.2. The topological polar surface area (TPSA) is 36.9 Å². The zero-order valence-corrected chi connectivity index (χ0v) is 57.3. The molecule has 0 atom stereocenters. The first-order valence-electron chi connectivity index (χ1n) is 30.1. The standard InChI is InChI=1S/C66H108N4O4.4BrH/c1-13-67(14-2,15-3)49-25-29-53-71-61-41-33-57(34-42-61)65(58-35-43-62(44-36-58)72-54-30-26-50-68(16-4,17-5)18-6)66(59-37-45-63(46-38-59)73-55-31-27-51-69(19-7,20-8)21-9)60-39-47-64(48-40-60)74-56-32-28-52-70(22-10,23-11)24-12;;;;/h33-48H,13-32,49-56H2,1-12H3;4*1H/q+4;;;;/p-4. The molecule has 0 aromatic heterocycles.